The normalized spacial score (nSPS) is 19.1. The standard InChI is InChI=1S/C15H26N4O2/c1-10-12(5-7-16)18-13(17-10)11-6-8-19(9-11)14(20)21-15(2,3)4/h11H,5-9,16H2,1-4H3,(H,17,18). The van der Waals surface area contributed by atoms with Gasteiger partial charge in [0, 0.05) is 31.1 Å². The number of carbonyl (C=O) groups is 1. The maximum atomic E-state index is 12.1. The third-order valence-corrected chi connectivity index (χ3v) is 3.61. The van der Waals surface area contributed by atoms with Crippen molar-refractivity contribution >= 4 is 6.09 Å². The highest BCUT2D eigenvalue weighted by Crippen LogP contribution is 2.27. The summed E-state index contributed by atoms with van der Waals surface area (Å²) in [6, 6.07) is 0. The average molecular weight is 294 g/mol. The molecule has 6 nitrogen and oxygen atoms in total. The summed E-state index contributed by atoms with van der Waals surface area (Å²) in [4.78, 5) is 21.8. The van der Waals surface area contributed by atoms with E-state index in [0.717, 1.165) is 30.1 Å². The highest BCUT2D eigenvalue weighted by Gasteiger charge is 2.32. The van der Waals surface area contributed by atoms with Crippen LogP contribution in [0.3, 0.4) is 0 Å². The molecule has 1 aromatic rings. The first-order chi connectivity index (χ1) is 9.80. The van der Waals surface area contributed by atoms with E-state index in [9.17, 15) is 4.79 Å². The minimum atomic E-state index is -0.454. The SMILES string of the molecule is Cc1[nH]c(C2CCN(C(=O)OC(C)(C)C)C2)nc1CCN. The molecule has 1 saturated heterocycles. The van der Waals surface area contributed by atoms with Crippen LogP contribution in [0.25, 0.3) is 0 Å². The van der Waals surface area contributed by atoms with Crippen LogP contribution in [0.1, 0.15) is 50.3 Å². The lowest BCUT2D eigenvalue weighted by Gasteiger charge is -2.24. The van der Waals surface area contributed by atoms with E-state index in [1.165, 1.54) is 0 Å². The number of H-pyrrole nitrogens is 1. The minimum Gasteiger partial charge on any atom is -0.444 e. The van der Waals surface area contributed by atoms with Crippen LogP contribution in [0.15, 0.2) is 0 Å². The van der Waals surface area contributed by atoms with Gasteiger partial charge in [-0.15, -0.1) is 0 Å². The van der Waals surface area contributed by atoms with Crippen molar-refractivity contribution in [3.05, 3.63) is 17.2 Å². The lowest BCUT2D eigenvalue weighted by Crippen LogP contribution is -2.35. The fourth-order valence-corrected chi connectivity index (χ4v) is 2.57. The van der Waals surface area contributed by atoms with Crippen LogP contribution in [-0.4, -0.2) is 46.2 Å². The highest BCUT2D eigenvalue weighted by atomic mass is 16.6. The summed E-state index contributed by atoms with van der Waals surface area (Å²) in [6.45, 7) is 9.63. The number of hydrogen-bond acceptors (Lipinski definition) is 4. The molecule has 0 aliphatic carbocycles. The van der Waals surface area contributed by atoms with Gasteiger partial charge in [-0.3, -0.25) is 0 Å². The predicted molar refractivity (Wildman–Crippen MR) is 81.2 cm³/mol. The number of likely N-dealkylation sites (tertiary alicyclic amines) is 1. The van der Waals surface area contributed by atoms with Crippen molar-refractivity contribution in [1.29, 1.82) is 0 Å². The Hall–Kier alpha value is -1.56. The van der Waals surface area contributed by atoms with Gasteiger partial charge in [-0.1, -0.05) is 0 Å². The van der Waals surface area contributed by atoms with Crippen LogP contribution < -0.4 is 5.73 Å². The average Bonchev–Trinajstić information content (AvgIpc) is 2.95. The molecule has 21 heavy (non-hydrogen) atoms. The Bertz CT molecular complexity index is 504. The zero-order chi connectivity index (χ0) is 15.6. The molecule has 0 saturated carbocycles. The number of aryl methyl sites for hydroxylation is 1. The molecule has 1 unspecified atom stereocenters. The lowest BCUT2D eigenvalue weighted by molar-refractivity contribution is 0.0292. The zero-order valence-corrected chi connectivity index (χ0v) is 13.4. The monoisotopic (exact) mass is 294 g/mol. The largest absolute Gasteiger partial charge is 0.444 e. The van der Waals surface area contributed by atoms with Gasteiger partial charge in [-0.05, 0) is 40.7 Å². The van der Waals surface area contributed by atoms with E-state index in [-0.39, 0.29) is 12.0 Å². The Morgan fingerprint density at radius 1 is 1.52 bits per heavy atom. The van der Waals surface area contributed by atoms with Crippen LogP contribution >= 0.6 is 0 Å². The van der Waals surface area contributed by atoms with Crippen LogP contribution in [0, 0.1) is 6.92 Å². The van der Waals surface area contributed by atoms with Gasteiger partial charge in [0.05, 0.1) is 5.69 Å². The second kappa shape index (κ2) is 6.05. The number of aromatic amines is 1. The predicted octanol–water partition coefficient (Wildman–Crippen LogP) is 1.94. The number of aromatic nitrogens is 2. The molecule has 1 amide bonds. The maximum absolute atomic E-state index is 12.1. The summed E-state index contributed by atoms with van der Waals surface area (Å²) in [7, 11) is 0. The smallest absolute Gasteiger partial charge is 0.410 e. The van der Waals surface area contributed by atoms with Crippen molar-refractivity contribution in [3.8, 4) is 0 Å². The van der Waals surface area contributed by atoms with E-state index in [1.54, 1.807) is 4.90 Å². The van der Waals surface area contributed by atoms with Gasteiger partial charge in [-0.25, -0.2) is 9.78 Å². The molecule has 1 atom stereocenters. The first-order valence-electron chi connectivity index (χ1n) is 7.53. The van der Waals surface area contributed by atoms with E-state index >= 15 is 0 Å². The maximum Gasteiger partial charge on any atom is 0.410 e. The second-order valence-corrected chi connectivity index (χ2v) is 6.64. The summed E-state index contributed by atoms with van der Waals surface area (Å²) in [5.41, 5.74) is 7.24. The van der Waals surface area contributed by atoms with E-state index in [1.807, 2.05) is 27.7 Å². The summed E-state index contributed by atoms with van der Waals surface area (Å²) in [5.74, 6) is 1.21. The lowest BCUT2D eigenvalue weighted by atomic mass is 10.1. The molecule has 1 fully saturated rings. The van der Waals surface area contributed by atoms with Crippen LogP contribution in [0.5, 0.6) is 0 Å². The van der Waals surface area contributed by atoms with Crippen LogP contribution in [0.2, 0.25) is 0 Å². The number of ether oxygens (including phenoxy) is 1. The van der Waals surface area contributed by atoms with Gasteiger partial charge in [0.15, 0.2) is 0 Å². The van der Waals surface area contributed by atoms with E-state index in [4.69, 9.17) is 10.5 Å². The van der Waals surface area contributed by atoms with E-state index in [2.05, 4.69) is 9.97 Å². The van der Waals surface area contributed by atoms with E-state index in [0.29, 0.717) is 19.6 Å². The first-order valence-corrected chi connectivity index (χ1v) is 7.53. The Morgan fingerprint density at radius 3 is 2.86 bits per heavy atom. The summed E-state index contributed by atoms with van der Waals surface area (Å²) >= 11 is 0. The van der Waals surface area contributed by atoms with Crippen molar-refractivity contribution in [2.24, 2.45) is 5.73 Å². The molecule has 1 aromatic heterocycles. The fourth-order valence-electron chi connectivity index (χ4n) is 2.57. The molecule has 6 heteroatoms. The van der Waals surface area contributed by atoms with Crippen molar-refractivity contribution < 1.29 is 9.53 Å². The van der Waals surface area contributed by atoms with Gasteiger partial charge in [0.1, 0.15) is 11.4 Å². The third-order valence-electron chi connectivity index (χ3n) is 3.61. The molecule has 1 aliphatic rings. The Kier molecular flexibility index (Phi) is 4.56. The Balaban J connectivity index is 1.99. The van der Waals surface area contributed by atoms with E-state index < -0.39 is 5.60 Å². The van der Waals surface area contributed by atoms with Crippen molar-refractivity contribution in [1.82, 2.24) is 14.9 Å². The number of imidazole rings is 1. The van der Waals surface area contributed by atoms with Crippen LogP contribution in [0.4, 0.5) is 4.79 Å². The minimum absolute atomic E-state index is 0.240. The molecule has 0 radical (unpaired) electrons. The molecule has 118 valence electrons. The van der Waals surface area contributed by atoms with Crippen LogP contribution in [-0.2, 0) is 11.2 Å². The zero-order valence-electron chi connectivity index (χ0n) is 13.4. The molecule has 3 N–H and O–H groups in total. The highest BCUT2D eigenvalue weighted by molar-refractivity contribution is 5.68. The van der Waals surface area contributed by atoms with Gasteiger partial charge >= 0.3 is 6.09 Å². The van der Waals surface area contributed by atoms with Gasteiger partial charge < -0.3 is 20.4 Å². The Morgan fingerprint density at radius 2 is 2.24 bits per heavy atom. The summed E-state index contributed by atoms with van der Waals surface area (Å²) < 4.78 is 5.41. The molecule has 2 heterocycles. The molecular formula is C15H26N4O2. The number of rotatable bonds is 3. The second-order valence-electron chi connectivity index (χ2n) is 6.64. The first kappa shape index (κ1) is 15.8. The van der Waals surface area contributed by atoms with Gasteiger partial charge in [-0.2, -0.15) is 0 Å². The number of carbonyl (C=O) groups excluding carboxylic acids is 1. The number of hydrogen-bond donors (Lipinski definition) is 2. The third kappa shape index (κ3) is 3.97. The van der Waals surface area contributed by atoms with Crippen molar-refractivity contribution in [3.63, 3.8) is 0 Å². The number of nitrogens with zero attached hydrogens (tertiary/aromatic N) is 2. The molecule has 2 rings (SSSR count). The number of nitrogens with one attached hydrogen (secondary N) is 1. The summed E-state index contributed by atoms with van der Waals surface area (Å²) in [6.07, 6.45) is 1.45. The van der Waals surface area contributed by atoms with Gasteiger partial charge in [0.2, 0.25) is 0 Å². The topological polar surface area (TPSA) is 84.2 Å². The molecule has 0 bridgehead atoms. The molecule has 1 aliphatic heterocycles. The number of nitrogens with two attached hydrogens (primary N) is 1. The molecule has 0 spiro atoms. The quantitative estimate of drug-likeness (QED) is 0.892. The van der Waals surface area contributed by atoms with Crippen molar-refractivity contribution in [2.45, 2.75) is 52.1 Å². The van der Waals surface area contributed by atoms with Crippen molar-refractivity contribution in [2.75, 3.05) is 19.6 Å². The fraction of sp³-hybridized carbons (Fsp3) is 0.733. The molecule has 0 aromatic carbocycles. The summed E-state index contributed by atoms with van der Waals surface area (Å²) in [5, 5.41) is 0. The Labute approximate surface area is 126 Å². The molecular weight excluding hydrogens is 268 g/mol. The van der Waals surface area contributed by atoms with Gasteiger partial charge in [0.25, 0.3) is 0 Å². The number of amides is 1.